The summed E-state index contributed by atoms with van der Waals surface area (Å²) in [6.07, 6.45) is 0.649. The van der Waals surface area contributed by atoms with Crippen LogP contribution in [0.5, 0.6) is 34.5 Å². The third kappa shape index (κ3) is 9.94. The molecule has 0 amide bonds. The first-order valence-corrected chi connectivity index (χ1v) is 19.7. The molecular formula is C48H38N6O8. The van der Waals surface area contributed by atoms with Gasteiger partial charge >= 0.3 is 0 Å². The Kier molecular flexibility index (Phi) is 11.6. The Bertz CT molecular complexity index is 2600. The molecule has 2 aliphatic rings. The van der Waals surface area contributed by atoms with Crippen molar-refractivity contribution in [3.8, 4) is 57.4 Å². The van der Waals surface area contributed by atoms with Crippen molar-refractivity contribution in [2.45, 2.75) is 38.9 Å². The molecule has 2 aromatic heterocycles. The van der Waals surface area contributed by atoms with Crippen LogP contribution in [-0.2, 0) is 9.68 Å². The van der Waals surface area contributed by atoms with E-state index < -0.39 is 0 Å². The lowest BCUT2D eigenvalue weighted by molar-refractivity contribution is 0.0854. The minimum atomic E-state index is -0.206. The van der Waals surface area contributed by atoms with Gasteiger partial charge in [-0.05, 0) is 96.1 Å². The van der Waals surface area contributed by atoms with Crippen LogP contribution in [-0.4, -0.2) is 32.2 Å². The normalized spacial score (nSPS) is 15.3. The molecule has 0 saturated carbocycles. The number of ether oxygens (including phenoxy) is 4. The van der Waals surface area contributed by atoms with Gasteiger partial charge in [-0.25, -0.2) is 0 Å². The zero-order chi connectivity index (χ0) is 42.1. The van der Waals surface area contributed by atoms with Crippen LogP contribution < -0.4 is 18.9 Å². The van der Waals surface area contributed by atoms with E-state index in [1.54, 1.807) is 13.8 Å². The van der Waals surface area contributed by atoms with Gasteiger partial charge in [0.15, 0.2) is 12.2 Å². The molecule has 308 valence electrons. The molecule has 8 aromatic rings. The molecule has 0 aliphatic carbocycles. The average molecular weight is 827 g/mol. The van der Waals surface area contributed by atoms with Gasteiger partial charge < -0.3 is 37.5 Å². The second kappa shape index (κ2) is 18.3. The van der Waals surface area contributed by atoms with Gasteiger partial charge in [-0.15, -0.1) is 20.4 Å². The summed E-state index contributed by atoms with van der Waals surface area (Å²) in [5.41, 5.74) is 3.56. The van der Waals surface area contributed by atoms with Crippen LogP contribution in [0.3, 0.4) is 0 Å². The molecule has 14 heteroatoms. The van der Waals surface area contributed by atoms with Crippen LogP contribution in [0.15, 0.2) is 177 Å². The highest BCUT2D eigenvalue weighted by atomic mass is 16.7. The molecule has 4 heterocycles. The summed E-state index contributed by atoms with van der Waals surface area (Å²) in [6, 6.07) is 49.7. The SMILES string of the molecule is Cc1nnc(-c2cccc(OC3=NO[C@@H](c4ccc(Oc5ccccc5)cc4)C3)c2)o1.Cc1nnc(-c2cccc(OC3=NO[C@H](c4ccc(Oc5ccccc5)cc4)C3)c2)o1. The fraction of sp³-hybridized carbons (Fsp3) is 0.125. The Hall–Kier alpha value is -8.26. The van der Waals surface area contributed by atoms with Crippen LogP contribution >= 0.6 is 0 Å². The van der Waals surface area contributed by atoms with E-state index in [1.165, 1.54) is 0 Å². The molecule has 0 unspecified atom stereocenters. The highest BCUT2D eigenvalue weighted by molar-refractivity contribution is 5.81. The van der Waals surface area contributed by atoms with E-state index in [0.29, 0.717) is 59.7 Å². The van der Waals surface area contributed by atoms with Crippen LogP contribution in [0.4, 0.5) is 0 Å². The number of hydrogen-bond acceptors (Lipinski definition) is 14. The van der Waals surface area contributed by atoms with E-state index in [-0.39, 0.29) is 12.2 Å². The van der Waals surface area contributed by atoms with Crippen molar-refractivity contribution in [2.75, 3.05) is 0 Å². The van der Waals surface area contributed by atoms with Gasteiger partial charge in [0.25, 0.3) is 0 Å². The van der Waals surface area contributed by atoms with Gasteiger partial charge in [0.2, 0.25) is 35.4 Å². The lowest BCUT2D eigenvalue weighted by Gasteiger charge is -2.10. The van der Waals surface area contributed by atoms with Gasteiger partial charge in [0.05, 0.1) is 12.8 Å². The molecule has 0 N–H and O–H groups in total. The summed E-state index contributed by atoms with van der Waals surface area (Å²) in [5.74, 6) is 7.31. The Balaban J connectivity index is 0.000000158. The molecule has 0 saturated heterocycles. The molecule has 2 atom stereocenters. The Labute approximate surface area is 356 Å². The Morgan fingerprint density at radius 2 is 0.790 bits per heavy atom. The molecular weight excluding hydrogens is 789 g/mol. The van der Waals surface area contributed by atoms with Crippen LogP contribution in [0, 0.1) is 13.8 Å². The number of hydrogen-bond donors (Lipinski definition) is 0. The Morgan fingerprint density at radius 3 is 1.18 bits per heavy atom. The summed E-state index contributed by atoms with van der Waals surface area (Å²) in [4.78, 5) is 11.2. The predicted molar refractivity (Wildman–Crippen MR) is 228 cm³/mol. The first kappa shape index (κ1) is 39.2. The smallest absolute Gasteiger partial charge is 0.247 e. The van der Waals surface area contributed by atoms with Gasteiger partial charge in [-0.1, -0.05) is 83.1 Å². The molecule has 0 radical (unpaired) electrons. The summed E-state index contributed by atoms with van der Waals surface area (Å²) in [5, 5.41) is 24.0. The first-order valence-electron chi connectivity index (χ1n) is 19.7. The van der Waals surface area contributed by atoms with Crippen molar-refractivity contribution in [1.29, 1.82) is 0 Å². The van der Waals surface area contributed by atoms with Crippen molar-refractivity contribution < 1.29 is 37.5 Å². The summed E-state index contributed by atoms with van der Waals surface area (Å²) >= 11 is 0. The summed E-state index contributed by atoms with van der Waals surface area (Å²) in [6.45, 7) is 3.50. The van der Waals surface area contributed by atoms with Gasteiger partial charge in [0.1, 0.15) is 34.5 Å². The maximum Gasteiger partial charge on any atom is 0.247 e. The summed E-state index contributed by atoms with van der Waals surface area (Å²) < 4.78 is 34.4. The largest absolute Gasteiger partial charge is 0.457 e. The van der Waals surface area contributed by atoms with Gasteiger partial charge in [-0.3, -0.25) is 0 Å². The van der Waals surface area contributed by atoms with E-state index in [4.69, 9.17) is 37.5 Å². The lowest BCUT2D eigenvalue weighted by Crippen LogP contribution is -2.07. The predicted octanol–water partition coefficient (Wildman–Crippen LogP) is 11.4. The van der Waals surface area contributed by atoms with E-state index in [2.05, 4.69) is 30.7 Å². The number of aryl methyl sites for hydroxylation is 2. The maximum atomic E-state index is 5.91. The van der Waals surface area contributed by atoms with Crippen LogP contribution in [0.25, 0.3) is 22.9 Å². The minimum absolute atomic E-state index is 0.206. The van der Waals surface area contributed by atoms with Gasteiger partial charge in [-0.2, -0.15) is 0 Å². The molecule has 6 aromatic carbocycles. The highest BCUT2D eigenvalue weighted by Crippen LogP contribution is 2.33. The van der Waals surface area contributed by atoms with Crippen molar-refractivity contribution in [2.24, 2.45) is 10.3 Å². The standard InChI is InChI=1S/2C24H19N3O4/c2*1-16-25-26-24(28-16)18-6-5-9-21(14-18)30-23-15-22(31-27-23)17-10-12-20(13-11-17)29-19-7-3-2-4-8-19/h2*2-14,22H,15H2,1H3/t2*22-/m10/s1. The number of rotatable bonds is 10. The minimum Gasteiger partial charge on any atom is -0.457 e. The zero-order valence-corrected chi connectivity index (χ0v) is 33.5. The zero-order valence-electron chi connectivity index (χ0n) is 33.5. The first-order chi connectivity index (χ1) is 30.5. The third-order valence-electron chi connectivity index (χ3n) is 9.43. The number of para-hydroxylation sites is 2. The highest BCUT2D eigenvalue weighted by Gasteiger charge is 2.26. The van der Waals surface area contributed by atoms with Crippen LogP contribution in [0.2, 0.25) is 0 Å². The van der Waals surface area contributed by atoms with Gasteiger partial charge in [0, 0.05) is 25.0 Å². The fourth-order valence-corrected chi connectivity index (χ4v) is 6.42. The van der Waals surface area contributed by atoms with E-state index in [1.807, 2.05) is 158 Å². The number of oxime groups is 2. The third-order valence-corrected chi connectivity index (χ3v) is 9.43. The van der Waals surface area contributed by atoms with Crippen molar-refractivity contribution >= 4 is 11.8 Å². The molecule has 0 spiro atoms. The molecule has 62 heavy (non-hydrogen) atoms. The van der Waals surface area contributed by atoms with Crippen molar-refractivity contribution in [1.82, 2.24) is 20.4 Å². The second-order valence-corrected chi connectivity index (χ2v) is 14.0. The summed E-state index contributed by atoms with van der Waals surface area (Å²) in [7, 11) is 0. The number of benzene rings is 6. The maximum absolute atomic E-state index is 5.91. The lowest BCUT2D eigenvalue weighted by atomic mass is 10.1. The van der Waals surface area contributed by atoms with E-state index >= 15 is 0 Å². The van der Waals surface area contributed by atoms with E-state index in [9.17, 15) is 0 Å². The molecule has 0 bridgehead atoms. The molecule has 0 fully saturated rings. The van der Waals surface area contributed by atoms with Crippen molar-refractivity contribution in [3.63, 3.8) is 0 Å². The molecule has 10 rings (SSSR count). The second-order valence-electron chi connectivity index (χ2n) is 14.0. The van der Waals surface area contributed by atoms with E-state index in [0.717, 1.165) is 45.3 Å². The molecule has 14 nitrogen and oxygen atoms in total. The Morgan fingerprint density at radius 1 is 0.403 bits per heavy atom. The van der Waals surface area contributed by atoms with Crippen LogP contribution in [0.1, 0.15) is 48.0 Å². The molecule has 2 aliphatic heterocycles. The van der Waals surface area contributed by atoms with Crippen molar-refractivity contribution in [3.05, 3.63) is 181 Å². The topological polar surface area (TPSA) is 158 Å². The fourth-order valence-electron chi connectivity index (χ4n) is 6.42. The monoisotopic (exact) mass is 826 g/mol. The number of aromatic nitrogens is 4. The average Bonchev–Trinajstić information content (AvgIpc) is 4.15. The number of nitrogens with zero attached hydrogens (tertiary/aromatic N) is 6. The quantitative estimate of drug-likeness (QED) is 0.129.